The first-order valence-electron chi connectivity index (χ1n) is 8.62. The minimum absolute atomic E-state index is 0.489. The van der Waals surface area contributed by atoms with Gasteiger partial charge in [-0.1, -0.05) is 36.5 Å². The maximum absolute atomic E-state index is 2.42. The molecule has 138 valence electrons. The van der Waals surface area contributed by atoms with Crippen molar-refractivity contribution < 1.29 is 9.13 Å². The summed E-state index contributed by atoms with van der Waals surface area (Å²) in [5.41, 5.74) is 7.92. The van der Waals surface area contributed by atoms with Gasteiger partial charge in [-0.3, -0.25) is 0 Å². The predicted octanol–water partition coefficient (Wildman–Crippen LogP) is 5.86. The smallest absolute Gasteiger partial charge is 0.142 e. The van der Waals surface area contributed by atoms with Crippen LogP contribution in [0.5, 0.6) is 0 Å². The average Bonchev–Trinajstić information content (AvgIpc) is 3.17. The zero-order chi connectivity index (χ0) is 19.0. The summed E-state index contributed by atoms with van der Waals surface area (Å²) in [6, 6.07) is 4.76. The van der Waals surface area contributed by atoms with Gasteiger partial charge in [-0.2, -0.15) is 0 Å². The summed E-state index contributed by atoms with van der Waals surface area (Å²) in [4.78, 5) is 0. The lowest BCUT2D eigenvalue weighted by molar-refractivity contribution is -0.643. The van der Waals surface area contributed by atoms with Crippen molar-refractivity contribution in [3.05, 3.63) is 45.4 Å². The Bertz CT molecular complexity index is 868. The summed E-state index contributed by atoms with van der Waals surface area (Å²) >= 11 is 7.29. The topological polar surface area (TPSA) is 7.76 Å². The first kappa shape index (κ1) is 19.9. The lowest BCUT2D eigenvalue weighted by atomic mass is 9.98. The number of aromatic nitrogens is 2. The number of hydrogen-bond acceptors (Lipinski definition) is 4. The molecule has 0 spiro atoms. The van der Waals surface area contributed by atoms with E-state index < -0.39 is 0 Å². The molecule has 0 amide bonds. The van der Waals surface area contributed by atoms with Gasteiger partial charge in [0.1, 0.15) is 0 Å². The molecule has 0 bridgehead atoms. The van der Waals surface area contributed by atoms with Crippen molar-refractivity contribution in [2.45, 2.75) is 49.2 Å². The first-order chi connectivity index (χ1) is 12.4. The molecular weight excluding hydrogens is 397 g/mol. The molecule has 26 heavy (non-hydrogen) atoms. The molecule has 0 saturated heterocycles. The second-order valence-electron chi connectivity index (χ2n) is 6.70. The molecule has 0 atom stereocenters. The van der Waals surface area contributed by atoms with Gasteiger partial charge < -0.3 is 0 Å². The highest BCUT2D eigenvalue weighted by atomic mass is 32.2. The summed E-state index contributed by atoms with van der Waals surface area (Å²) in [6.45, 7) is 11.2. The van der Waals surface area contributed by atoms with Crippen LogP contribution in [0.25, 0.3) is 11.4 Å². The van der Waals surface area contributed by atoms with Gasteiger partial charge in [-0.25, -0.2) is 0 Å². The molecule has 3 aromatic rings. The standard InChI is InChI=1S/C20H26N2S4/c1-12(2)16-8-17(21-13(3)10-25-19(21)23-6)15(5)18(9-16)22-14(4)11-26-20(22)24-7/h8-12H,1-7H3/q+2. The maximum atomic E-state index is 2.42. The zero-order valence-corrected chi connectivity index (χ0v) is 19.7. The molecule has 3 rings (SSSR count). The Balaban J connectivity index is 2.35. The summed E-state index contributed by atoms with van der Waals surface area (Å²) < 4.78 is 7.49. The molecular formula is C20H26N2S4+2. The highest BCUT2D eigenvalue weighted by molar-refractivity contribution is 8.00. The van der Waals surface area contributed by atoms with E-state index in [0.29, 0.717) is 5.92 Å². The van der Waals surface area contributed by atoms with E-state index in [1.165, 1.54) is 42.6 Å². The van der Waals surface area contributed by atoms with Crippen molar-refractivity contribution in [3.8, 4) is 11.4 Å². The van der Waals surface area contributed by atoms with Gasteiger partial charge in [-0.15, -0.1) is 9.13 Å². The molecule has 2 nitrogen and oxygen atoms in total. The highest BCUT2D eigenvalue weighted by Crippen LogP contribution is 2.29. The maximum Gasteiger partial charge on any atom is 0.303 e. The minimum atomic E-state index is 0.489. The zero-order valence-electron chi connectivity index (χ0n) is 16.4. The summed E-state index contributed by atoms with van der Waals surface area (Å²) in [7, 11) is 0. The quantitative estimate of drug-likeness (QED) is 0.376. The fourth-order valence-corrected chi connectivity index (χ4v) is 6.49. The molecule has 0 fully saturated rings. The third-order valence-corrected chi connectivity index (χ3v) is 8.93. The van der Waals surface area contributed by atoms with Gasteiger partial charge in [0.25, 0.3) is 0 Å². The molecule has 0 aliphatic rings. The summed E-state index contributed by atoms with van der Waals surface area (Å²) in [5.74, 6) is 0.489. The van der Waals surface area contributed by atoms with Gasteiger partial charge in [0, 0.05) is 26.0 Å². The Morgan fingerprint density at radius 2 is 1.23 bits per heavy atom. The predicted molar refractivity (Wildman–Crippen MR) is 117 cm³/mol. The minimum Gasteiger partial charge on any atom is -0.142 e. The number of hydrogen-bond donors (Lipinski definition) is 0. The van der Waals surface area contributed by atoms with Crippen LogP contribution in [0.3, 0.4) is 0 Å². The molecule has 1 aromatic carbocycles. The fraction of sp³-hybridized carbons (Fsp3) is 0.400. The van der Waals surface area contributed by atoms with E-state index in [1.807, 2.05) is 46.2 Å². The number of benzene rings is 1. The monoisotopic (exact) mass is 422 g/mol. The van der Waals surface area contributed by atoms with E-state index in [-0.39, 0.29) is 0 Å². The second-order valence-corrected chi connectivity index (χ2v) is 10.5. The van der Waals surface area contributed by atoms with E-state index in [2.05, 4.69) is 79.2 Å². The van der Waals surface area contributed by atoms with Gasteiger partial charge in [0.15, 0.2) is 11.4 Å². The van der Waals surface area contributed by atoms with Crippen LogP contribution in [0.1, 0.15) is 42.3 Å². The Labute approximate surface area is 173 Å². The molecule has 0 aliphatic heterocycles. The van der Waals surface area contributed by atoms with E-state index in [4.69, 9.17) is 0 Å². The molecule has 2 heterocycles. The average molecular weight is 423 g/mol. The Hall–Kier alpha value is -0.820. The second kappa shape index (κ2) is 8.05. The van der Waals surface area contributed by atoms with E-state index in [1.54, 1.807) is 0 Å². The van der Waals surface area contributed by atoms with E-state index in [0.717, 1.165) is 0 Å². The van der Waals surface area contributed by atoms with Gasteiger partial charge in [0.05, 0.1) is 16.3 Å². The van der Waals surface area contributed by atoms with Crippen LogP contribution >= 0.6 is 46.2 Å². The molecule has 0 radical (unpaired) electrons. The fourth-order valence-electron chi connectivity index (χ4n) is 3.13. The molecule has 0 aliphatic carbocycles. The third kappa shape index (κ3) is 3.49. The Morgan fingerprint density at radius 1 is 0.808 bits per heavy atom. The molecule has 0 unspecified atom stereocenters. The number of rotatable bonds is 5. The first-order valence-corrected chi connectivity index (χ1v) is 12.8. The van der Waals surface area contributed by atoms with E-state index >= 15 is 0 Å². The van der Waals surface area contributed by atoms with Crippen LogP contribution < -0.4 is 9.13 Å². The molecule has 6 heteroatoms. The SMILES string of the molecule is CSc1scc(C)[n+]1-c1cc(C(C)C)cc(-[n+]2c(C)csc2SC)c1C. The van der Waals surface area contributed by atoms with Crippen molar-refractivity contribution in [3.63, 3.8) is 0 Å². The number of thioether (sulfide) groups is 2. The van der Waals surface area contributed by atoms with Crippen molar-refractivity contribution in [2.24, 2.45) is 0 Å². The normalized spacial score (nSPS) is 11.5. The molecule has 0 N–H and O–H groups in total. The molecule has 2 aromatic heterocycles. The lowest BCUT2D eigenvalue weighted by Crippen LogP contribution is -2.39. The van der Waals surface area contributed by atoms with Crippen LogP contribution in [0, 0.1) is 20.8 Å². The van der Waals surface area contributed by atoms with Gasteiger partial charge >= 0.3 is 8.68 Å². The summed E-state index contributed by atoms with van der Waals surface area (Å²) in [5, 5.41) is 4.51. The summed E-state index contributed by atoms with van der Waals surface area (Å²) in [6.07, 6.45) is 4.32. The van der Waals surface area contributed by atoms with E-state index in [9.17, 15) is 0 Å². The van der Waals surface area contributed by atoms with Crippen LogP contribution in [0.4, 0.5) is 0 Å². The van der Waals surface area contributed by atoms with Crippen molar-refractivity contribution in [1.82, 2.24) is 0 Å². The van der Waals surface area contributed by atoms with Gasteiger partial charge in [-0.05, 0) is 54.4 Å². The van der Waals surface area contributed by atoms with Gasteiger partial charge in [0.2, 0.25) is 11.4 Å². The number of aryl methyl sites for hydroxylation is 2. The lowest BCUT2D eigenvalue weighted by Gasteiger charge is -2.11. The highest BCUT2D eigenvalue weighted by Gasteiger charge is 2.30. The Kier molecular flexibility index (Phi) is 6.17. The van der Waals surface area contributed by atoms with Crippen LogP contribution in [-0.2, 0) is 0 Å². The number of nitrogens with zero attached hydrogens (tertiary/aromatic N) is 2. The van der Waals surface area contributed by atoms with Crippen LogP contribution in [-0.4, -0.2) is 12.5 Å². The van der Waals surface area contributed by atoms with Crippen LogP contribution in [0.15, 0.2) is 31.6 Å². The largest absolute Gasteiger partial charge is 0.303 e. The van der Waals surface area contributed by atoms with Crippen molar-refractivity contribution >= 4 is 46.2 Å². The molecule has 0 saturated carbocycles. The number of thiazole rings is 2. The third-order valence-electron chi connectivity index (χ3n) is 4.60. The Morgan fingerprint density at radius 3 is 1.58 bits per heavy atom. The van der Waals surface area contributed by atoms with Crippen LogP contribution in [0.2, 0.25) is 0 Å². The van der Waals surface area contributed by atoms with Crippen molar-refractivity contribution in [1.29, 1.82) is 0 Å². The van der Waals surface area contributed by atoms with Crippen molar-refractivity contribution in [2.75, 3.05) is 12.5 Å².